The highest BCUT2D eigenvalue weighted by Gasteiger charge is 2.46. The summed E-state index contributed by atoms with van der Waals surface area (Å²) >= 11 is 6.27. The summed E-state index contributed by atoms with van der Waals surface area (Å²) in [6, 6.07) is 12.5. The van der Waals surface area contributed by atoms with Crippen molar-refractivity contribution in [3.05, 3.63) is 104 Å². The fraction of sp³-hybridized carbons (Fsp3) is 0.160. The van der Waals surface area contributed by atoms with Gasteiger partial charge in [-0.2, -0.15) is 0 Å². The Morgan fingerprint density at radius 3 is 2.54 bits per heavy atom. The lowest BCUT2D eigenvalue weighted by Crippen LogP contribution is -2.29. The first kappa shape index (κ1) is 23.9. The van der Waals surface area contributed by atoms with Gasteiger partial charge in [-0.05, 0) is 54.4 Å². The van der Waals surface area contributed by atoms with Crippen LogP contribution in [0.3, 0.4) is 0 Å². The number of benzene rings is 2. The van der Waals surface area contributed by atoms with E-state index in [9.17, 15) is 24.8 Å². The predicted molar refractivity (Wildman–Crippen MR) is 128 cm³/mol. The summed E-state index contributed by atoms with van der Waals surface area (Å²) in [5, 5.41) is 22.5. The molecule has 0 radical (unpaired) electrons. The van der Waals surface area contributed by atoms with Gasteiger partial charge in [-0.1, -0.05) is 17.7 Å². The highest BCUT2D eigenvalue weighted by atomic mass is 35.5. The summed E-state index contributed by atoms with van der Waals surface area (Å²) in [4.78, 5) is 42.1. The number of halogens is 1. The second-order valence-corrected chi connectivity index (χ2v) is 8.12. The predicted octanol–water partition coefficient (Wildman–Crippen LogP) is 4.66. The molecule has 0 aliphatic carbocycles. The van der Waals surface area contributed by atoms with Crippen LogP contribution < -0.4 is 4.74 Å². The Morgan fingerprint density at radius 2 is 1.94 bits per heavy atom. The third-order valence-corrected chi connectivity index (χ3v) is 5.84. The third-order valence-electron chi connectivity index (χ3n) is 5.54. The van der Waals surface area contributed by atoms with Crippen LogP contribution in [0.4, 0.5) is 5.69 Å². The molecule has 1 amide bonds. The lowest BCUT2D eigenvalue weighted by molar-refractivity contribution is -0.384. The number of amides is 1. The van der Waals surface area contributed by atoms with Crippen molar-refractivity contribution in [2.45, 2.75) is 19.5 Å². The van der Waals surface area contributed by atoms with Crippen molar-refractivity contribution >= 4 is 34.7 Å². The molecular formula is C25H20ClN3O6. The van der Waals surface area contributed by atoms with Gasteiger partial charge < -0.3 is 14.7 Å². The van der Waals surface area contributed by atoms with Gasteiger partial charge in [0.25, 0.3) is 17.4 Å². The number of aliphatic hydroxyl groups is 1. The Hall–Kier alpha value is -4.24. The fourth-order valence-corrected chi connectivity index (χ4v) is 4.17. The number of carbonyl (C=O) groups excluding carboxylic acids is 2. The van der Waals surface area contributed by atoms with E-state index in [1.807, 2.05) is 0 Å². The number of pyridine rings is 1. The minimum absolute atomic E-state index is 0.0425. The molecule has 0 saturated carbocycles. The molecule has 35 heavy (non-hydrogen) atoms. The number of likely N-dealkylation sites (tertiary alicyclic amines) is 1. The van der Waals surface area contributed by atoms with E-state index in [1.54, 1.807) is 37.5 Å². The highest BCUT2D eigenvalue weighted by molar-refractivity contribution is 6.46. The number of nitro benzene ring substituents is 1. The summed E-state index contributed by atoms with van der Waals surface area (Å²) in [7, 11) is 0. The lowest BCUT2D eigenvalue weighted by atomic mass is 9.95. The molecule has 10 heteroatoms. The maximum Gasteiger partial charge on any atom is 0.295 e. The van der Waals surface area contributed by atoms with Gasteiger partial charge in [0.05, 0.1) is 28.2 Å². The summed E-state index contributed by atoms with van der Waals surface area (Å²) < 4.78 is 5.42. The molecule has 9 nitrogen and oxygen atoms in total. The van der Waals surface area contributed by atoms with E-state index in [0.29, 0.717) is 23.5 Å². The van der Waals surface area contributed by atoms with Crippen LogP contribution in [-0.2, 0) is 16.1 Å². The molecule has 1 atom stereocenters. The minimum atomic E-state index is -0.985. The molecule has 1 aliphatic heterocycles. The average molecular weight is 494 g/mol. The Kier molecular flexibility index (Phi) is 6.79. The van der Waals surface area contributed by atoms with E-state index in [1.165, 1.54) is 41.3 Å². The summed E-state index contributed by atoms with van der Waals surface area (Å²) in [5.74, 6) is -1.68. The van der Waals surface area contributed by atoms with Gasteiger partial charge in [0.1, 0.15) is 11.5 Å². The Bertz CT molecular complexity index is 1320. The standard InChI is InChI=1S/C25H20ClN3O6/c1-2-35-20-10-7-17(12-19(20)26)23(30)21-22(16-5-8-18(9-6-16)29(33)34)28(25(32)24(21)31)14-15-4-3-11-27-13-15/h3-13,22,30H,2,14H2,1H3/t22-/m0/s1. The number of ketones is 1. The molecular weight excluding hydrogens is 474 g/mol. The van der Waals surface area contributed by atoms with Gasteiger partial charge in [0, 0.05) is 36.6 Å². The van der Waals surface area contributed by atoms with E-state index in [4.69, 9.17) is 16.3 Å². The molecule has 1 aromatic heterocycles. The van der Waals surface area contributed by atoms with Crippen molar-refractivity contribution in [1.29, 1.82) is 0 Å². The van der Waals surface area contributed by atoms with Crippen molar-refractivity contribution in [3.63, 3.8) is 0 Å². The number of nitro groups is 1. The first-order chi connectivity index (χ1) is 16.8. The van der Waals surface area contributed by atoms with Crippen molar-refractivity contribution < 1.29 is 24.4 Å². The molecule has 1 fully saturated rings. The Balaban J connectivity index is 1.84. The normalized spacial score (nSPS) is 17.0. The maximum atomic E-state index is 13.1. The quantitative estimate of drug-likeness (QED) is 0.167. The zero-order chi connectivity index (χ0) is 25.1. The van der Waals surface area contributed by atoms with Crippen LogP contribution in [0.1, 0.15) is 29.7 Å². The largest absolute Gasteiger partial charge is 0.507 e. The van der Waals surface area contributed by atoms with E-state index in [2.05, 4.69) is 4.98 Å². The van der Waals surface area contributed by atoms with Crippen LogP contribution in [0.2, 0.25) is 5.02 Å². The smallest absolute Gasteiger partial charge is 0.295 e. The van der Waals surface area contributed by atoms with Gasteiger partial charge >= 0.3 is 0 Å². The van der Waals surface area contributed by atoms with E-state index < -0.39 is 28.4 Å². The van der Waals surface area contributed by atoms with Gasteiger partial charge in [-0.3, -0.25) is 24.7 Å². The summed E-state index contributed by atoms with van der Waals surface area (Å²) in [6.45, 7) is 2.24. The fourth-order valence-electron chi connectivity index (χ4n) is 3.93. The number of aromatic nitrogens is 1. The summed E-state index contributed by atoms with van der Waals surface area (Å²) in [6.07, 6.45) is 3.15. The number of nitrogens with zero attached hydrogens (tertiary/aromatic N) is 3. The van der Waals surface area contributed by atoms with Crippen LogP contribution in [0.5, 0.6) is 5.75 Å². The first-order valence-corrected chi connectivity index (χ1v) is 11.0. The number of Topliss-reactive ketones (excluding diaryl/α,β-unsaturated/α-hetero) is 1. The van der Waals surface area contributed by atoms with Gasteiger partial charge in [0.15, 0.2) is 0 Å². The number of carbonyl (C=O) groups is 2. The van der Waals surface area contributed by atoms with Crippen LogP contribution in [0, 0.1) is 10.1 Å². The van der Waals surface area contributed by atoms with Crippen molar-refractivity contribution in [1.82, 2.24) is 9.88 Å². The molecule has 0 spiro atoms. The summed E-state index contributed by atoms with van der Waals surface area (Å²) in [5.41, 5.74) is 1.04. The number of hydrogen-bond acceptors (Lipinski definition) is 7. The molecule has 1 saturated heterocycles. The molecule has 178 valence electrons. The van der Waals surface area contributed by atoms with Crippen molar-refractivity contribution in [3.8, 4) is 5.75 Å². The van der Waals surface area contributed by atoms with Crippen LogP contribution in [0.15, 0.2) is 72.6 Å². The zero-order valence-electron chi connectivity index (χ0n) is 18.6. The monoisotopic (exact) mass is 493 g/mol. The Labute approximate surface area is 205 Å². The minimum Gasteiger partial charge on any atom is -0.507 e. The lowest BCUT2D eigenvalue weighted by Gasteiger charge is -2.25. The molecule has 1 N–H and O–H groups in total. The van der Waals surface area contributed by atoms with Crippen molar-refractivity contribution in [2.75, 3.05) is 6.61 Å². The van der Waals surface area contributed by atoms with Crippen molar-refractivity contribution in [2.24, 2.45) is 0 Å². The third kappa shape index (κ3) is 4.71. The average Bonchev–Trinajstić information content (AvgIpc) is 3.10. The van der Waals surface area contributed by atoms with Gasteiger partial charge in [-0.25, -0.2) is 0 Å². The van der Waals surface area contributed by atoms with Crippen LogP contribution >= 0.6 is 11.6 Å². The topological polar surface area (TPSA) is 123 Å². The van der Waals surface area contributed by atoms with Crippen LogP contribution in [-0.4, -0.2) is 38.2 Å². The van der Waals surface area contributed by atoms with Gasteiger partial charge in [0.2, 0.25) is 0 Å². The molecule has 4 rings (SSSR count). The molecule has 0 bridgehead atoms. The first-order valence-electron chi connectivity index (χ1n) is 10.7. The molecule has 0 unspecified atom stereocenters. The molecule has 1 aliphatic rings. The second-order valence-electron chi connectivity index (χ2n) is 7.72. The maximum absolute atomic E-state index is 13.1. The van der Waals surface area contributed by atoms with Gasteiger partial charge in [-0.15, -0.1) is 0 Å². The number of hydrogen-bond donors (Lipinski definition) is 1. The zero-order valence-corrected chi connectivity index (χ0v) is 19.3. The van der Waals surface area contributed by atoms with E-state index in [0.717, 1.165) is 0 Å². The van der Waals surface area contributed by atoms with E-state index in [-0.39, 0.29) is 28.4 Å². The number of non-ortho nitro benzene ring substituents is 1. The molecule has 3 aromatic rings. The number of ether oxygens (including phenoxy) is 1. The molecule has 2 aromatic carbocycles. The second kappa shape index (κ2) is 9.94. The molecule has 2 heterocycles. The number of rotatable bonds is 7. The highest BCUT2D eigenvalue weighted by Crippen LogP contribution is 2.41. The van der Waals surface area contributed by atoms with Crippen LogP contribution in [0.25, 0.3) is 5.76 Å². The number of aliphatic hydroxyl groups excluding tert-OH is 1. The SMILES string of the molecule is CCOc1ccc(C(O)=C2C(=O)C(=O)N(Cc3cccnc3)[C@H]2c2ccc([N+](=O)[O-])cc2)cc1Cl. The Morgan fingerprint density at radius 1 is 1.20 bits per heavy atom. The van der Waals surface area contributed by atoms with E-state index >= 15 is 0 Å².